The Morgan fingerprint density at radius 2 is 2.19 bits per heavy atom. The second-order valence-corrected chi connectivity index (χ2v) is 5.29. The molecule has 0 fully saturated rings. The minimum atomic E-state index is -4.74. The molecule has 0 atom stereocenters. The Bertz CT molecular complexity index is 967. The lowest BCUT2D eigenvalue weighted by atomic mass is 10.3. The number of nitrogens with zero attached hydrogens (tertiary/aromatic N) is 4. The SMILES string of the molecule is Cn1c(C(F)(F)F)nn(CCNC(=O)c2cc(-c3ccco3)[nH]n2)c1=O. The zero-order chi connectivity index (χ0) is 18.9. The molecule has 138 valence electrons. The highest BCUT2D eigenvalue weighted by Gasteiger charge is 2.37. The second-order valence-electron chi connectivity index (χ2n) is 5.29. The number of hydrogen-bond donors (Lipinski definition) is 2. The predicted molar refractivity (Wildman–Crippen MR) is 81.1 cm³/mol. The van der Waals surface area contributed by atoms with E-state index in [1.807, 2.05) is 0 Å². The Kier molecular flexibility index (Phi) is 4.40. The molecule has 26 heavy (non-hydrogen) atoms. The fourth-order valence-corrected chi connectivity index (χ4v) is 2.24. The first kappa shape index (κ1) is 17.5. The molecular weight excluding hydrogens is 357 g/mol. The van der Waals surface area contributed by atoms with E-state index in [-0.39, 0.29) is 18.8 Å². The number of carbonyl (C=O) groups is 1. The van der Waals surface area contributed by atoms with Gasteiger partial charge in [0.2, 0.25) is 5.82 Å². The molecule has 0 saturated carbocycles. The fourth-order valence-electron chi connectivity index (χ4n) is 2.24. The highest BCUT2D eigenvalue weighted by atomic mass is 19.4. The maximum Gasteiger partial charge on any atom is 0.451 e. The van der Waals surface area contributed by atoms with Crippen LogP contribution in [-0.2, 0) is 19.8 Å². The van der Waals surface area contributed by atoms with Crippen molar-refractivity contribution in [2.45, 2.75) is 12.7 Å². The Balaban J connectivity index is 1.62. The molecule has 0 aliphatic rings. The first-order valence-electron chi connectivity index (χ1n) is 7.36. The maximum atomic E-state index is 12.7. The smallest absolute Gasteiger partial charge is 0.451 e. The monoisotopic (exact) mass is 370 g/mol. The number of furan rings is 1. The van der Waals surface area contributed by atoms with Crippen molar-refractivity contribution in [2.75, 3.05) is 6.54 Å². The molecule has 0 radical (unpaired) electrons. The largest absolute Gasteiger partial charge is 0.463 e. The average molecular weight is 370 g/mol. The lowest BCUT2D eigenvalue weighted by Gasteiger charge is -2.03. The van der Waals surface area contributed by atoms with Crippen LogP contribution < -0.4 is 11.0 Å². The molecule has 0 saturated heterocycles. The van der Waals surface area contributed by atoms with Crippen LogP contribution in [0.3, 0.4) is 0 Å². The summed E-state index contributed by atoms with van der Waals surface area (Å²) in [6.07, 6.45) is -3.27. The van der Waals surface area contributed by atoms with Gasteiger partial charge in [-0.1, -0.05) is 0 Å². The van der Waals surface area contributed by atoms with E-state index in [4.69, 9.17) is 4.42 Å². The third-order valence-electron chi connectivity index (χ3n) is 3.50. The van der Waals surface area contributed by atoms with Gasteiger partial charge in [-0.15, -0.1) is 5.10 Å². The van der Waals surface area contributed by atoms with Gasteiger partial charge in [0.05, 0.1) is 12.8 Å². The number of rotatable bonds is 5. The number of nitrogens with one attached hydrogen (secondary N) is 2. The van der Waals surface area contributed by atoms with Crippen LogP contribution in [0.25, 0.3) is 11.5 Å². The van der Waals surface area contributed by atoms with E-state index < -0.39 is 23.6 Å². The van der Waals surface area contributed by atoms with Gasteiger partial charge in [-0.2, -0.15) is 18.3 Å². The van der Waals surface area contributed by atoms with Gasteiger partial charge in [0.25, 0.3) is 5.91 Å². The molecule has 3 aromatic heterocycles. The summed E-state index contributed by atoms with van der Waals surface area (Å²) < 4.78 is 44.3. The Morgan fingerprint density at radius 1 is 1.42 bits per heavy atom. The van der Waals surface area contributed by atoms with Crippen molar-refractivity contribution in [3.63, 3.8) is 0 Å². The summed E-state index contributed by atoms with van der Waals surface area (Å²) in [6.45, 7) is -0.319. The number of carbonyl (C=O) groups excluding carboxylic acids is 1. The van der Waals surface area contributed by atoms with E-state index in [1.54, 1.807) is 12.1 Å². The van der Waals surface area contributed by atoms with Crippen molar-refractivity contribution >= 4 is 5.91 Å². The highest BCUT2D eigenvalue weighted by Crippen LogP contribution is 2.25. The Morgan fingerprint density at radius 3 is 2.81 bits per heavy atom. The van der Waals surface area contributed by atoms with Crippen molar-refractivity contribution in [3.8, 4) is 11.5 Å². The van der Waals surface area contributed by atoms with E-state index in [9.17, 15) is 22.8 Å². The predicted octanol–water partition coefficient (Wildman–Crippen LogP) is 1.01. The molecule has 12 heteroatoms. The summed E-state index contributed by atoms with van der Waals surface area (Å²) in [5.41, 5.74) is -0.358. The second kappa shape index (κ2) is 6.54. The third-order valence-corrected chi connectivity index (χ3v) is 3.50. The molecule has 1 amide bonds. The van der Waals surface area contributed by atoms with E-state index in [0.29, 0.717) is 20.7 Å². The van der Waals surface area contributed by atoms with Gasteiger partial charge >= 0.3 is 11.9 Å². The first-order valence-corrected chi connectivity index (χ1v) is 7.36. The van der Waals surface area contributed by atoms with Crippen LogP contribution in [0.4, 0.5) is 13.2 Å². The van der Waals surface area contributed by atoms with Crippen LogP contribution in [-0.4, -0.2) is 37.0 Å². The van der Waals surface area contributed by atoms with Gasteiger partial charge in [-0.3, -0.25) is 14.5 Å². The minimum Gasteiger partial charge on any atom is -0.463 e. The number of aromatic amines is 1. The molecule has 0 aliphatic carbocycles. The normalized spacial score (nSPS) is 11.7. The molecule has 2 N–H and O–H groups in total. The summed E-state index contributed by atoms with van der Waals surface area (Å²) in [6, 6.07) is 4.82. The van der Waals surface area contributed by atoms with Crippen LogP contribution in [0.5, 0.6) is 0 Å². The zero-order valence-electron chi connectivity index (χ0n) is 13.4. The molecule has 0 aromatic carbocycles. The topological polar surface area (TPSA) is 111 Å². The Hall–Kier alpha value is -3.31. The van der Waals surface area contributed by atoms with E-state index in [2.05, 4.69) is 20.6 Å². The molecule has 0 spiro atoms. The van der Waals surface area contributed by atoms with E-state index >= 15 is 0 Å². The number of aromatic nitrogens is 5. The number of amides is 1. The van der Waals surface area contributed by atoms with Gasteiger partial charge in [0.15, 0.2) is 11.5 Å². The summed E-state index contributed by atoms with van der Waals surface area (Å²) in [4.78, 5) is 23.8. The molecule has 3 heterocycles. The molecule has 0 aliphatic heterocycles. The van der Waals surface area contributed by atoms with Gasteiger partial charge in [0.1, 0.15) is 5.69 Å². The molecule has 0 unspecified atom stereocenters. The lowest BCUT2D eigenvalue weighted by molar-refractivity contribution is -0.147. The number of H-pyrrole nitrogens is 1. The zero-order valence-corrected chi connectivity index (χ0v) is 13.4. The number of alkyl halides is 3. The van der Waals surface area contributed by atoms with Crippen molar-refractivity contribution < 1.29 is 22.4 Å². The van der Waals surface area contributed by atoms with Crippen molar-refractivity contribution in [3.05, 3.63) is 46.5 Å². The minimum absolute atomic E-state index is 0.0701. The molecule has 9 nitrogen and oxygen atoms in total. The van der Waals surface area contributed by atoms with Crippen LogP contribution in [0.2, 0.25) is 0 Å². The quantitative estimate of drug-likeness (QED) is 0.697. The summed E-state index contributed by atoms with van der Waals surface area (Å²) in [5.74, 6) is -1.36. The lowest BCUT2D eigenvalue weighted by Crippen LogP contribution is -2.32. The molecule has 3 rings (SSSR count). The van der Waals surface area contributed by atoms with Crippen LogP contribution >= 0.6 is 0 Å². The van der Waals surface area contributed by atoms with Crippen molar-refractivity contribution in [1.29, 1.82) is 0 Å². The Labute approximate surface area is 143 Å². The van der Waals surface area contributed by atoms with Gasteiger partial charge in [0, 0.05) is 19.7 Å². The number of halogens is 3. The van der Waals surface area contributed by atoms with Gasteiger partial charge < -0.3 is 9.73 Å². The highest BCUT2D eigenvalue weighted by molar-refractivity contribution is 5.93. The summed E-state index contributed by atoms with van der Waals surface area (Å²) in [5, 5.41) is 12.2. The average Bonchev–Trinajstić information content (AvgIpc) is 3.29. The third kappa shape index (κ3) is 3.38. The van der Waals surface area contributed by atoms with Crippen LogP contribution in [0.15, 0.2) is 33.7 Å². The molecule has 3 aromatic rings. The summed E-state index contributed by atoms with van der Waals surface area (Å²) in [7, 11) is 0.979. The maximum absolute atomic E-state index is 12.7. The summed E-state index contributed by atoms with van der Waals surface area (Å²) >= 11 is 0. The fraction of sp³-hybridized carbons (Fsp3) is 0.286. The van der Waals surface area contributed by atoms with E-state index in [1.165, 1.54) is 12.3 Å². The molecule has 0 bridgehead atoms. The van der Waals surface area contributed by atoms with Crippen molar-refractivity contribution in [2.24, 2.45) is 7.05 Å². The first-order chi connectivity index (χ1) is 12.3. The standard InChI is InChI=1S/C14H13F3N6O3/c1-22-12(14(15,16)17)21-23(13(22)25)5-4-18-11(24)9-7-8(19-20-9)10-3-2-6-26-10/h2-3,6-7H,4-5H2,1H3,(H,18,24)(H,19,20). The van der Waals surface area contributed by atoms with Crippen LogP contribution in [0.1, 0.15) is 16.3 Å². The molecular formula is C14H13F3N6O3. The van der Waals surface area contributed by atoms with Gasteiger partial charge in [-0.25, -0.2) is 9.48 Å². The van der Waals surface area contributed by atoms with Gasteiger partial charge in [-0.05, 0) is 12.1 Å². The van der Waals surface area contributed by atoms with Crippen LogP contribution in [0, 0.1) is 0 Å². The van der Waals surface area contributed by atoms with Crippen molar-refractivity contribution in [1.82, 2.24) is 29.9 Å². The number of hydrogen-bond acceptors (Lipinski definition) is 5. The van der Waals surface area contributed by atoms with E-state index in [0.717, 1.165) is 7.05 Å².